The van der Waals surface area contributed by atoms with Crippen LogP contribution in [0.3, 0.4) is 0 Å². The van der Waals surface area contributed by atoms with E-state index in [9.17, 15) is 15.0 Å². The lowest BCUT2D eigenvalue weighted by Crippen LogP contribution is -2.57. The third-order valence-electron chi connectivity index (χ3n) is 6.17. The Morgan fingerprint density at radius 2 is 1.91 bits per heavy atom. The summed E-state index contributed by atoms with van der Waals surface area (Å²) in [7, 11) is 1.58. The van der Waals surface area contributed by atoms with E-state index in [-0.39, 0.29) is 25.1 Å². The first-order valence-corrected chi connectivity index (χ1v) is 10.9. The summed E-state index contributed by atoms with van der Waals surface area (Å²) < 4.78 is 11.0. The number of carbonyl (C=O) groups is 1. The van der Waals surface area contributed by atoms with Gasteiger partial charge in [-0.05, 0) is 36.4 Å². The van der Waals surface area contributed by atoms with Crippen LogP contribution in [-0.2, 0) is 4.74 Å². The second-order valence-corrected chi connectivity index (χ2v) is 8.03. The van der Waals surface area contributed by atoms with Crippen LogP contribution in [0.1, 0.15) is 10.4 Å². The molecule has 2 aromatic rings. The number of rotatable bonds is 7. The van der Waals surface area contributed by atoms with Gasteiger partial charge in [0.15, 0.2) is 0 Å². The van der Waals surface area contributed by atoms with Crippen molar-refractivity contribution in [3.8, 4) is 5.75 Å². The predicted octanol–water partition coefficient (Wildman–Crippen LogP) is 0.131. The lowest BCUT2D eigenvalue weighted by atomic mass is 10.0. The minimum absolute atomic E-state index is 0.225. The van der Waals surface area contributed by atoms with E-state index >= 15 is 0 Å². The van der Waals surface area contributed by atoms with Crippen LogP contribution in [0.15, 0.2) is 48.7 Å². The van der Waals surface area contributed by atoms with Gasteiger partial charge in [-0.3, -0.25) is 9.69 Å². The van der Waals surface area contributed by atoms with Crippen molar-refractivity contribution in [3.63, 3.8) is 0 Å². The van der Waals surface area contributed by atoms with Gasteiger partial charge in [0, 0.05) is 44.5 Å². The summed E-state index contributed by atoms with van der Waals surface area (Å²) in [6.45, 7) is 2.97. The van der Waals surface area contributed by atoms with Gasteiger partial charge in [-0.15, -0.1) is 0 Å². The van der Waals surface area contributed by atoms with E-state index in [1.54, 1.807) is 37.6 Å². The Labute approximate surface area is 187 Å². The number of ether oxygens (including phenoxy) is 2. The smallest absolute Gasteiger partial charge is 0.251 e. The summed E-state index contributed by atoms with van der Waals surface area (Å²) in [6, 6.07) is 12.4. The molecule has 1 aromatic carbocycles. The number of aromatic nitrogens is 1. The zero-order chi connectivity index (χ0) is 22.5. The van der Waals surface area contributed by atoms with Crippen LogP contribution in [0.4, 0.5) is 5.82 Å². The predicted molar refractivity (Wildman–Crippen MR) is 119 cm³/mol. The van der Waals surface area contributed by atoms with Crippen molar-refractivity contribution in [1.82, 2.24) is 15.2 Å². The lowest BCUT2D eigenvalue weighted by molar-refractivity contribution is -0.0209. The number of hydrogen-bond acceptors (Lipinski definition) is 8. The standard InChI is InChI=1S/C23H30N4O5/c1-31-17-7-5-16(6-8-17)23(30)25-14-18-21(22(29)19(15-28)32-18)27-12-10-26(11-13-27)20-4-2-3-9-24-20/h2-9,18-19,21-22,28-29H,10-15H2,1H3,(H,25,30)/t18-,19+,21+,22-/m1/s1. The molecule has 3 N–H and O–H groups in total. The Hall–Kier alpha value is -2.72. The Bertz CT molecular complexity index is 874. The van der Waals surface area contributed by atoms with Crippen molar-refractivity contribution in [2.24, 2.45) is 0 Å². The van der Waals surface area contributed by atoms with Crippen molar-refractivity contribution in [3.05, 3.63) is 54.2 Å². The van der Waals surface area contributed by atoms with E-state index in [0.29, 0.717) is 11.3 Å². The molecule has 0 unspecified atom stereocenters. The van der Waals surface area contributed by atoms with E-state index in [2.05, 4.69) is 20.1 Å². The van der Waals surface area contributed by atoms with Crippen molar-refractivity contribution in [2.75, 3.05) is 51.3 Å². The number of nitrogens with zero attached hydrogens (tertiary/aromatic N) is 3. The first kappa shape index (κ1) is 22.5. The summed E-state index contributed by atoms with van der Waals surface area (Å²) in [5, 5.41) is 23.4. The van der Waals surface area contributed by atoms with E-state index in [1.165, 1.54) is 0 Å². The first-order chi connectivity index (χ1) is 15.6. The van der Waals surface area contributed by atoms with Gasteiger partial charge in [-0.25, -0.2) is 4.98 Å². The van der Waals surface area contributed by atoms with Gasteiger partial charge in [0.1, 0.15) is 23.8 Å². The maximum absolute atomic E-state index is 12.6. The molecular formula is C23H30N4O5. The number of methoxy groups -OCH3 is 1. The second kappa shape index (κ2) is 10.3. The number of nitrogens with one attached hydrogen (secondary N) is 1. The number of benzene rings is 1. The van der Waals surface area contributed by atoms with Gasteiger partial charge in [-0.2, -0.15) is 0 Å². The minimum atomic E-state index is -0.829. The Balaban J connectivity index is 1.38. The van der Waals surface area contributed by atoms with Crippen molar-refractivity contribution < 1.29 is 24.5 Å². The van der Waals surface area contributed by atoms with Gasteiger partial charge in [-0.1, -0.05) is 6.07 Å². The van der Waals surface area contributed by atoms with Gasteiger partial charge in [0.25, 0.3) is 5.91 Å². The largest absolute Gasteiger partial charge is 0.497 e. The Kier molecular flexibility index (Phi) is 7.21. The van der Waals surface area contributed by atoms with Crippen LogP contribution in [0.25, 0.3) is 0 Å². The topological polar surface area (TPSA) is 107 Å². The van der Waals surface area contributed by atoms with Crippen molar-refractivity contribution >= 4 is 11.7 Å². The zero-order valence-corrected chi connectivity index (χ0v) is 18.1. The number of amides is 1. The molecule has 3 heterocycles. The molecule has 0 saturated carbocycles. The molecule has 32 heavy (non-hydrogen) atoms. The molecular weight excluding hydrogens is 412 g/mol. The van der Waals surface area contributed by atoms with Gasteiger partial charge in [0.2, 0.25) is 0 Å². The molecule has 9 heteroatoms. The fourth-order valence-electron chi connectivity index (χ4n) is 4.42. The van der Waals surface area contributed by atoms with Crippen LogP contribution >= 0.6 is 0 Å². The number of carbonyl (C=O) groups excluding carboxylic acids is 1. The molecule has 2 aliphatic heterocycles. The molecule has 0 spiro atoms. The molecule has 0 aliphatic carbocycles. The fourth-order valence-corrected chi connectivity index (χ4v) is 4.42. The number of pyridine rings is 1. The molecule has 0 bridgehead atoms. The third kappa shape index (κ3) is 4.86. The van der Waals surface area contributed by atoms with Crippen LogP contribution in [0, 0.1) is 0 Å². The Morgan fingerprint density at radius 1 is 1.16 bits per heavy atom. The van der Waals surface area contributed by atoms with Crippen LogP contribution in [-0.4, -0.2) is 96.8 Å². The highest BCUT2D eigenvalue weighted by atomic mass is 16.5. The van der Waals surface area contributed by atoms with E-state index < -0.39 is 18.3 Å². The average Bonchev–Trinajstić information content (AvgIpc) is 3.18. The molecule has 4 atom stereocenters. The number of piperazine rings is 1. The quantitative estimate of drug-likeness (QED) is 0.556. The lowest BCUT2D eigenvalue weighted by Gasteiger charge is -2.40. The number of aliphatic hydroxyl groups is 2. The summed E-state index contributed by atoms with van der Waals surface area (Å²) in [5.41, 5.74) is 0.517. The van der Waals surface area contributed by atoms with Crippen LogP contribution in [0.2, 0.25) is 0 Å². The highest BCUT2D eigenvalue weighted by Gasteiger charge is 2.46. The van der Waals surface area contributed by atoms with E-state index in [1.807, 2.05) is 18.2 Å². The summed E-state index contributed by atoms with van der Waals surface area (Å²) in [6.07, 6.45) is -0.143. The molecule has 4 rings (SSSR count). The van der Waals surface area contributed by atoms with E-state index in [0.717, 1.165) is 32.0 Å². The minimum Gasteiger partial charge on any atom is -0.497 e. The second-order valence-electron chi connectivity index (χ2n) is 8.03. The zero-order valence-electron chi connectivity index (χ0n) is 18.1. The summed E-state index contributed by atoms with van der Waals surface area (Å²) >= 11 is 0. The maximum atomic E-state index is 12.6. The summed E-state index contributed by atoms with van der Waals surface area (Å²) in [4.78, 5) is 21.4. The maximum Gasteiger partial charge on any atom is 0.251 e. The molecule has 1 aromatic heterocycles. The van der Waals surface area contributed by atoms with E-state index in [4.69, 9.17) is 9.47 Å². The molecule has 1 amide bonds. The fraction of sp³-hybridized carbons (Fsp3) is 0.478. The van der Waals surface area contributed by atoms with Crippen molar-refractivity contribution in [1.29, 1.82) is 0 Å². The normalized spacial score (nSPS) is 26.2. The molecule has 172 valence electrons. The highest BCUT2D eigenvalue weighted by molar-refractivity contribution is 5.94. The highest BCUT2D eigenvalue weighted by Crippen LogP contribution is 2.27. The van der Waals surface area contributed by atoms with Gasteiger partial charge in [0.05, 0.1) is 25.9 Å². The molecule has 2 fully saturated rings. The van der Waals surface area contributed by atoms with Crippen LogP contribution < -0.4 is 15.0 Å². The molecule has 0 radical (unpaired) electrons. The molecule has 2 saturated heterocycles. The summed E-state index contributed by atoms with van der Waals surface area (Å²) in [5.74, 6) is 1.39. The molecule has 9 nitrogen and oxygen atoms in total. The monoisotopic (exact) mass is 442 g/mol. The van der Waals surface area contributed by atoms with Crippen LogP contribution in [0.5, 0.6) is 5.75 Å². The third-order valence-corrected chi connectivity index (χ3v) is 6.17. The Morgan fingerprint density at radius 3 is 2.53 bits per heavy atom. The van der Waals surface area contributed by atoms with Gasteiger partial charge < -0.3 is 29.9 Å². The number of aliphatic hydroxyl groups excluding tert-OH is 2. The number of hydrogen-bond donors (Lipinski definition) is 3. The van der Waals surface area contributed by atoms with Gasteiger partial charge >= 0.3 is 0 Å². The average molecular weight is 443 g/mol. The molecule has 2 aliphatic rings. The first-order valence-electron chi connectivity index (χ1n) is 10.9. The number of anilines is 1. The SMILES string of the molecule is COc1ccc(C(=O)NC[C@H]2O[C@@H](CO)[C@@H](O)[C@H]2N2CCN(c3ccccn3)CC2)cc1. The van der Waals surface area contributed by atoms with Crippen molar-refractivity contribution in [2.45, 2.75) is 24.4 Å².